The molecule has 0 spiro atoms. The van der Waals surface area contributed by atoms with Gasteiger partial charge in [0.15, 0.2) is 0 Å². The van der Waals surface area contributed by atoms with E-state index >= 15 is 0 Å². The lowest BCUT2D eigenvalue weighted by Gasteiger charge is -2.27. The topological polar surface area (TPSA) is 37.3 Å². The number of Topliss-reactive ketones (excluding diaryl/α,β-unsaturated/α-hetero) is 1. The zero-order valence-corrected chi connectivity index (χ0v) is 8.31. The average Bonchev–Trinajstić information content (AvgIpc) is 2.33. The first-order chi connectivity index (χ1) is 6.04. The van der Waals surface area contributed by atoms with Gasteiger partial charge in [0.2, 0.25) is 0 Å². The minimum Gasteiger partial charge on any atom is -0.513 e. The van der Waals surface area contributed by atoms with Crippen molar-refractivity contribution in [2.45, 2.75) is 45.4 Å². The van der Waals surface area contributed by atoms with E-state index in [0.29, 0.717) is 12.8 Å². The van der Waals surface area contributed by atoms with Crippen LogP contribution in [0.15, 0.2) is 12.3 Å². The molecule has 0 radical (unpaired) electrons. The predicted molar refractivity (Wildman–Crippen MR) is 52.6 cm³/mol. The van der Waals surface area contributed by atoms with E-state index in [0.717, 1.165) is 12.8 Å². The van der Waals surface area contributed by atoms with Crippen molar-refractivity contribution in [3.63, 3.8) is 0 Å². The van der Waals surface area contributed by atoms with Crippen LogP contribution >= 0.6 is 0 Å². The molecule has 0 aromatic rings. The molecule has 0 saturated heterocycles. The molecule has 0 aliphatic heterocycles. The van der Waals surface area contributed by atoms with Crippen LogP contribution in [0, 0.1) is 5.41 Å². The number of carbonyl (C=O) groups excluding carboxylic acids is 1. The molecule has 2 nitrogen and oxygen atoms in total. The summed E-state index contributed by atoms with van der Waals surface area (Å²) in [5, 5.41) is 9.19. The second kappa shape index (κ2) is 3.95. The number of allylic oxidation sites excluding steroid dienone is 1. The van der Waals surface area contributed by atoms with E-state index in [-0.39, 0.29) is 17.0 Å². The van der Waals surface area contributed by atoms with E-state index in [1.54, 1.807) is 6.92 Å². The Morgan fingerprint density at radius 1 is 1.38 bits per heavy atom. The van der Waals surface area contributed by atoms with E-state index in [1.165, 1.54) is 12.8 Å². The molecule has 13 heavy (non-hydrogen) atoms. The van der Waals surface area contributed by atoms with Crippen LogP contribution in [0.2, 0.25) is 0 Å². The van der Waals surface area contributed by atoms with Gasteiger partial charge >= 0.3 is 0 Å². The molecule has 1 N–H and O–H groups in total. The molecule has 0 aromatic carbocycles. The third kappa shape index (κ3) is 2.87. The number of ketones is 1. The van der Waals surface area contributed by atoms with Gasteiger partial charge in [-0.05, 0) is 25.2 Å². The number of carbonyl (C=O) groups is 1. The Labute approximate surface area is 79.6 Å². The van der Waals surface area contributed by atoms with Gasteiger partial charge in [-0.2, -0.15) is 0 Å². The van der Waals surface area contributed by atoms with E-state index < -0.39 is 0 Å². The van der Waals surface area contributed by atoms with Crippen LogP contribution in [0.1, 0.15) is 45.4 Å². The number of rotatable bonds is 4. The SMILES string of the molecule is C=C(O)CC1(CC(C)=O)CCCC1. The van der Waals surface area contributed by atoms with Gasteiger partial charge in [0.1, 0.15) is 5.78 Å². The van der Waals surface area contributed by atoms with Crippen LogP contribution in [-0.4, -0.2) is 10.9 Å². The van der Waals surface area contributed by atoms with Crippen LogP contribution in [0.3, 0.4) is 0 Å². The minimum absolute atomic E-state index is 0.0394. The van der Waals surface area contributed by atoms with Gasteiger partial charge in [0.05, 0.1) is 5.76 Å². The molecule has 0 atom stereocenters. The summed E-state index contributed by atoms with van der Waals surface area (Å²) in [7, 11) is 0. The van der Waals surface area contributed by atoms with Crippen LogP contribution in [0.25, 0.3) is 0 Å². The molecule has 1 fully saturated rings. The Bertz CT molecular complexity index is 194. The lowest BCUT2D eigenvalue weighted by Crippen LogP contribution is -2.20. The van der Waals surface area contributed by atoms with Crippen molar-refractivity contribution in [1.82, 2.24) is 0 Å². The summed E-state index contributed by atoms with van der Waals surface area (Å²) in [6.45, 7) is 5.14. The Morgan fingerprint density at radius 3 is 2.31 bits per heavy atom. The van der Waals surface area contributed by atoms with Gasteiger partial charge < -0.3 is 9.90 Å². The molecule has 0 heterocycles. The van der Waals surface area contributed by atoms with Crippen LogP contribution < -0.4 is 0 Å². The molecule has 1 saturated carbocycles. The smallest absolute Gasteiger partial charge is 0.130 e. The molecule has 0 amide bonds. The quantitative estimate of drug-likeness (QED) is 0.678. The lowest BCUT2D eigenvalue weighted by atomic mass is 9.78. The molecule has 0 unspecified atom stereocenters. The predicted octanol–water partition coefficient (Wildman–Crippen LogP) is 2.99. The first-order valence-corrected chi connectivity index (χ1v) is 4.90. The van der Waals surface area contributed by atoms with Gasteiger partial charge in [-0.3, -0.25) is 0 Å². The third-order valence-corrected chi connectivity index (χ3v) is 2.87. The van der Waals surface area contributed by atoms with Gasteiger partial charge in [0.25, 0.3) is 0 Å². The maximum Gasteiger partial charge on any atom is 0.130 e. The minimum atomic E-state index is 0.0394. The summed E-state index contributed by atoms with van der Waals surface area (Å²) in [4.78, 5) is 11.1. The summed E-state index contributed by atoms with van der Waals surface area (Å²) < 4.78 is 0. The molecule has 74 valence electrons. The van der Waals surface area contributed by atoms with Crippen molar-refractivity contribution in [3.05, 3.63) is 12.3 Å². The molecule has 0 aromatic heterocycles. The maximum absolute atomic E-state index is 11.1. The Kier molecular flexibility index (Phi) is 3.12. The number of aliphatic hydroxyl groups excluding tert-OH is 1. The van der Waals surface area contributed by atoms with Gasteiger partial charge in [-0.1, -0.05) is 19.4 Å². The highest BCUT2D eigenvalue weighted by atomic mass is 16.3. The van der Waals surface area contributed by atoms with Crippen molar-refractivity contribution in [3.8, 4) is 0 Å². The molecule has 1 aliphatic rings. The van der Waals surface area contributed by atoms with E-state index in [4.69, 9.17) is 0 Å². The Morgan fingerprint density at radius 2 is 1.92 bits per heavy atom. The fourth-order valence-corrected chi connectivity index (χ4v) is 2.50. The van der Waals surface area contributed by atoms with E-state index in [2.05, 4.69) is 6.58 Å². The van der Waals surface area contributed by atoms with Crippen molar-refractivity contribution < 1.29 is 9.90 Å². The summed E-state index contributed by atoms with van der Waals surface area (Å²) in [5.41, 5.74) is 0.0394. The van der Waals surface area contributed by atoms with Gasteiger partial charge in [0, 0.05) is 12.8 Å². The Hall–Kier alpha value is -0.790. The van der Waals surface area contributed by atoms with Crippen LogP contribution in [-0.2, 0) is 4.79 Å². The van der Waals surface area contributed by atoms with E-state index in [1.807, 2.05) is 0 Å². The van der Waals surface area contributed by atoms with Crippen molar-refractivity contribution in [2.24, 2.45) is 5.41 Å². The molecule has 1 aliphatic carbocycles. The second-order valence-corrected chi connectivity index (χ2v) is 4.33. The van der Waals surface area contributed by atoms with Crippen molar-refractivity contribution in [1.29, 1.82) is 0 Å². The summed E-state index contributed by atoms with van der Waals surface area (Å²) in [6.07, 6.45) is 5.69. The first-order valence-electron chi connectivity index (χ1n) is 4.90. The molecule has 0 bridgehead atoms. The number of hydrogen-bond donors (Lipinski definition) is 1. The number of hydrogen-bond acceptors (Lipinski definition) is 2. The summed E-state index contributed by atoms with van der Waals surface area (Å²) in [6, 6.07) is 0. The lowest BCUT2D eigenvalue weighted by molar-refractivity contribution is -0.119. The van der Waals surface area contributed by atoms with Crippen LogP contribution in [0.4, 0.5) is 0 Å². The highest BCUT2D eigenvalue weighted by Gasteiger charge is 2.35. The largest absolute Gasteiger partial charge is 0.513 e. The fourth-order valence-electron chi connectivity index (χ4n) is 2.50. The molecular formula is C11H18O2. The third-order valence-electron chi connectivity index (χ3n) is 2.87. The van der Waals surface area contributed by atoms with Gasteiger partial charge in [-0.15, -0.1) is 0 Å². The summed E-state index contributed by atoms with van der Waals surface area (Å²) in [5.74, 6) is 0.450. The first kappa shape index (κ1) is 10.3. The molecular weight excluding hydrogens is 164 g/mol. The van der Waals surface area contributed by atoms with Crippen molar-refractivity contribution >= 4 is 5.78 Å². The normalized spacial score (nSPS) is 20.1. The molecule has 1 rings (SSSR count). The average molecular weight is 182 g/mol. The highest BCUT2D eigenvalue weighted by Crippen LogP contribution is 2.45. The Balaban J connectivity index is 2.62. The standard InChI is InChI=1S/C11H18O2/c1-9(12)7-11(8-10(2)13)5-3-4-6-11/h12H,1,3-8H2,2H3. The monoisotopic (exact) mass is 182 g/mol. The highest BCUT2D eigenvalue weighted by molar-refractivity contribution is 5.76. The zero-order chi connectivity index (χ0) is 9.90. The zero-order valence-electron chi connectivity index (χ0n) is 8.31. The van der Waals surface area contributed by atoms with Crippen molar-refractivity contribution in [2.75, 3.05) is 0 Å². The maximum atomic E-state index is 11.1. The molecule has 2 heteroatoms. The number of aliphatic hydroxyl groups is 1. The van der Waals surface area contributed by atoms with Gasteiger partial charge in [-0.25, -0.2) is 0 Å². The van der Waals surface area contributed by atoms with Crippen LogP contribution in [0.5, 0.6) is 0 Å². The fraction of sp³-hybridized carbons (Fsp3) is 0.727. The van der Waals surface area contributed by atoms with E-state index in [9.17, 15) is 9.90 Å². The second-order valence-electron chi connectivity index (χ2n) is 4.33. The summed E-state index contributed by atoms with van der Waals surface area (Å²) >= 11 is 0.